The topological polar surface area (TPSA) is 58.6 Å². The average molecular weight is 237 g/mol. The van der Waals surface area contributed by atoms with Gasteiger partial charge in [0.1, 0.15) is 5.75 Å². The van der Waals surface area contributed by atoms with Crippen molar-refractivity contribution in [1.29, 1.82) is 0 Å². The molecule has 0 unspecified atom stereocenters. The molecule has 1 aromatic carbocycles. The highest BCUT2D eigenvalue weighted by molar-refractivity contribution is 5.77. The summed E-state index contributed by atoms with van der Waals surface area (Å²) in [4.78, 5) is 11.4. The summed E-state index contributed by atoms with van der Waals surface area (Å²) in [5.74, 6) is 0.890. The first-order valence-corrected chi connectivity index (χ1v) is 5.71. The minimum atomic E-state index is -0.131. The zero-order valence-electron chi connectivity index (χ0n) is 10.3. The molecule has 4 nitrogen and oxygen atoms in total. The first kappa shape index (κ1) is 13.5. The molecule has 0 bridgehead atoms. The lowest BCUT2D eigenvalue weighted by molar-refractivity contribution is -0.123. The SMILES string of the molecule is CC(C)CNC(=O)COc1cccc(CO)c1. The van der Waals surface area contributed by atoms with E-state index in [-0.39, 0.29) is 19.1 Å². The molecule has 17 heavy (non-hydrogen) atoms. The quantitative estimate of drug-likeness (QED) is 0.784. The van der Waals surface area contributed by atoms with E-state index in [0.29, 0.717) is 18.2 Å². The number of carbonyl (C=O) groups excluding carboxylic acids is 1. The Balaban J connectivity index is 2.36. The molecule has 0 atom stereocenters. The zero-order chi connectivity index (χ0) is 12.7. The van der Waals surface area contributed by atoms with Crippen molar-refractivity contribution in [2.24, 2.45) is 5.92 Å². The van der Waals surface area contributed by atoms with Gasteiger partial charge in [-0.1, -0.05) is 26.0 Å². The molecule has 0 aromatic heterocycles. The highest BCUT2D eigenvalue weighted by Gasteiger charge is 2.03. The van der Waals surface area contributed by atoms with Gasteiger partial charge in [-0.2, -0.15) is 0 Å². The minimum absolute atomic E-state index is 0.00159. The molecule has 94 valence electrons. The molecule has 0 aliphatic rings. The average Bonchev–Trinajstić information content (AvgIpc) is 2.34. The lowest BCUT2D eigenvalue weighted by atomic mass is 10.2. The van der Waals surface area contributed by atoms with Crippen LogP contribution in [0, 0.1) is 5.92 Å². The second-order valence-corrected chi connectivity index (χ2v) is 4.29. The first-order chi connectivity index (χ1) is 8.11. The number of ether oxygens (including phenoxy) is 1. The van der Waals surface area contributed by atoms with E-state index < -0.39 is 0 Å². The van der Waals surface area contributed by atoms with Gasteiger partial charge >= 0.3 is 0 Å². The smallest absolute Gasteiger partial charge is 0.257 e. The standard InChI is InChI=1S/C13H19NO3/c1-10(2)7-14-13(16)9-17-12-5-3-4-11(6-12)8-15/h3-6,10,15H,7-9H2,1-2H3,(H,14,16). The molecule has 0 spiro atoms. The lowest BCUT2D eigenvalue weighted by Gasteiger charge is -2.09. The fourth-order valence-corrected chi connectivity index (χ4v) is 1.25. The second kappa shape index (κ2) is 6.91. The number of amides is 1. The summed E-state index contributed by atoms with van der Waals surface area (Å²) in [6.07, 6.45) is 0. The van der Waals surface area contributed by atoms with E-state index in [2.05, 4.69) is 5.32 Å². The van der Waals surface area contributed by atoms with E-state index >= 15 is 0 Å². The Morgan fingerprint density at radius 2 is 2.24 bits per heavy atom. The summed E-state index contributed by atoms with van der Waals surface area (Å²) in [5, 5.41) is 11.7. The summed E-state index contributed by atoms with van der Waals surface area (Å²) in [5.41, 5.74) is 0.769. The predicted molar refractivity (Wildman–Crippen MR) is 65.7 cm³/mol. The van der Waals surface area contributed by atoms with E-state index in [0.717, 1.165) is 5.56 Å². The van der Waals surface area contributed by atoms with Gasteiger partial charge in [-0.05, 0) is 23.6 Å². The molecule has 2 N–H and O–H groups in total. The van der Waals surface area contributed by atoms with E-state index in [1.54, 1.807) is 24.3 Å². The molecule has 0 aliphatic carbocycles. The molecule has 0 saturated heterocycles. The summed E-state index contributed by atoms with van der Waals surface area (Å²) in [6.45, 7) is 4.69. The molecular weight excluding hydrogens is 218 g/mol. The number of rotatable bonds is 6. The van der Waals surface area contributed by atoms with Crippen LogP contribution in [0.2, 0.25) is 0 Å². The Hall–Kier alpha value is -1.55. The lowest BCUT2D eigenvalue weighted by Crippen LogP contribution is -2.31. The third kappa shape index (κ3) is 5.36. The van der Waals surface area contributed by atoms with Gasteiger partial charge < -0.3 is 15.2 Å². The fourth-order valence-electron chi connectivity index (χ4n) is 1.25. The van der Waals surface area contributed by atoms with Gasteiger partial charge in [-0.15, -0.1) is 0 Å². The van der Waals surface area contributed by atoms with Crippen molar-refractivity contribution in [2.75, 3.05) is 13.2 Å². The van der Waals surface area contributed by atoms with Gasteiger partial charge in [-0.25, -0.2) is 0 Å². The van der Waals surface area contributed by atoms with Crippen LogP contribution in [0.4, 0.5) is 0 Å². The summed E-state index contributed by atoms with van der Waals surface area (Å²) < 4.78 is 5.32. The molecular formula is C13H19NO3. The van der Waals surface area contributed by atoms with Crippen molar-refractivity contribution < 1.29 is 14.6 Å². The minimum Gasteiger partial charge on any atom is -0.484 e. The number of benzene rings is 1. The molecule has 1 rings (SSSR count). The van der Waals surface area contributed by atoms with Gasteiger partial charge in [0, 0.05) is 6.54 Å². The number of aliphatic hydroxyl groups excluding tert-OH is 1. The molecule has 0 radical (unpaired) electrons. The normalized spacial score (nSPS) is 10.4. The van der Waals surface area contributed by atoms with Crippen LogP contribution >= 0.6 is 0 Å². The van der Waals surface area contributed by atoms with Gasteiger partial charge in [0.15, 0.2) is 6.61 Å². The Morgan fingerprint density at radius 3 is 2.88 bits per heavy atom. The largest absolute Gasteiger partial charge is 0.484 e. The number of nitrogens with one attached hydrogen (secondary N) is 1. The van der Waals surface area contributed by atoms with Crippen LogP contribution in [0.25, 0.3) is 0 Å². The Labute approximate surface area is 102 Å². The highest BCUT2D eigenvalue weighted by atomic mass is 16.5. The third-order valence-corrected chi connectivity index (χ3v) is 2.16. The number of hydrogen-bond acceptors (Lipinski definition) is 3. The van der Waals surface area contributed by atoms with Crippen LogP contribution in [-0.2, 0) is 11.4 Å². The van der Waals surface area contributed by atoms with Crippen LogP contribution < -0.4 is 10.1 Å². The monoisotopic (exact) mass is 237 g/mol. The zero-order valence-corrected chi connectivity index (χ0v) is 10.3. The second-order valence-electron chi connectivity index (χ2n) is 4.29. The van der Waals surface area contributed by atoms with Gasteiger partial charge in [0.2, 0.25) is 0 Å². The van der Waals surface area contributed by atoms with Crippen molar-refractivity contribution >= 4 is 5.91 Å². The third-order valence-electron chi connectivity index (χ3n) is 2.16. The van der Waals surface area contributed by atoms with Crippen LogP contribution in [0.5, 0.6) is 5.75 Å². The van der Waals surface area contributed by atoms with E-state index in [1.165, 1.54) is 0 Å². The maximum atomic E-state index is 11.4. The predicted octanol–water partition coefficient (Wildman–Crippen LogP) is 1.33. The van der Waals surface area contributed by atoms with Crippen LogP contribution in [0.1, 0.15) is 19.4 Å². The number of aliphatic hydroxyl groups is 1. The van der Waals surface area contributed by atoms with E-state index in [1.807, 2.05) is 13.8 Å². The van der Waals surface area contributed by atoms with Crippen molar-refractivity contribution in [1.82, 2.24) is 5.32 Å². The van der Waals surface area contributed by atoms with Gasteiger partial charge in [0.25, 0.3) is 5.91 Å². The van der Waals surface area contributed by atoms with Gasteiger partial charge in [0.05, 0.1) is 6.61 Å². The van der Waals surface area contributed by atoms with Crippen molar-refractivity contribution in [3.63, 3.8) is 0 Å². The van der Waals surface area contributed by atoms with E-state index in [4.69, 9.17) is 9.84 Å². The maximum absolute atomic E-state index is 11.4. The molecule has 1 aromatic rings. The summed E-state index contributed by atoms with van der Waals surface area (Å²) in [6, 6.07) is 7.06. The molecule has 0 aliphatic heterocycles. The Bertz CT molecular complexity index is 363. The summed E-state index contributed by atoms with van der Waals surface area (Å²) in [7, 11) is 0. The number of hydrogen-bond donors (Lipinski definition) is 2. The highest BCUT2D eigenvalue weighted by Crippen LogP contribution is 2.12. The molecule has 0 fully saturated rings. The van der Waals surface area contributed by atoms with Gasteiger partial charge in [-0.3, -0.25) is 4.79 Å². The molecule has 4 heteroatoms. The molecule has 1 amide bonds. The summed E-state index contributed by atoms with van der Waals surface area (Å²) >= 11 is 0. The fraction of sp³-hybridized carbons (Fsp3) is 0.462. The first-order valence-electron chi connectivity index (χ1n) is 5.71. The Morgan fingerprint density at radius 1 is 1.47 bits per heavy atom. The van der Waals surface area contributed by atoms with Crippen LogP contribution in [0.15, 0.2) is 24.3 Å². The van der Waals surface area contributed by atoms with Crippen LogP contribution in [0.3, 0.4) is 0 Å². The van der Waals surface area contributed by atoms with Crippen LogP contribution in [-0.4, -0.2) is 24.2 Å². The van der Waals surface area contributed by atoms with E-state index in [9.17, 15) is 4.79 Å². The Kier molecular flexibility index (Phi) is 5.49. The molecule has 0 saturated carbocycles. The maximum Gasteiger partial charge on any atom is 0.257 e. The number of carbonyl (C=O) groups is 1. The van der Waals surface area contributed by atoms with Crippen molar-refractivity contribution in [3.8, 4) is 5.75 Å². The van der Waals surface area contributed by atoms with Crippen molar-refractivity contribution in [3.05, 3.63) is 29.8 Å². The molecule has 0 heterocycles. The van der Waals surface area contributed by atoms with Crippen molar-refractivity contribution in [2.45, 2.75) is 20.5 Å².